The van der Waals surface area contributed by atoms with E-state index in [2.05, 4.69) is 94.2 Å². The van der Waals surface area contributed by atoms with Gasteiger partial charge in [-0.2, -0.15) is 0 Å². The number of amides is 2. The molecule has 1 aromatic heterocycles. The minimum Gasteiger partial charge on any atom is -0.353 e. The van der Waals surface area contributed by atoms with Gasteiger partial charge in [0.1, 0.15) is 5.82 Å². The van der Waals surface area contributed by atoms with Gasteiger partial charge in [0.15, 0.2) is 5.82 Å². The lowest BCUT2D eigenvalue weighted by molar-refractivity contribution is 0.208. The second kappa shape index (κ2) is 10.7. The first kappa shape index (κ1) is 25.7. The van der Waals surface area contributed by atoms with Crippen molar-refractivity contribution in [3.63, 3.8) is 0 Å². The summed E-state index contributed by atoms with van der Waals surface area (Å²) in [7, 11) is 0. The zero-order chi connectivity index (χ0) is 26.0. The first-order chi connectivity index (χ1) is 17.2. The predicted octanol–water partition coefficient (Wildman–Crippen LogP) is 6.67. The van der Waals surface area contributed by atoms with Gasteiger partial charge in [0.05, 0.1) is 0 Å². The monoisotopic (exact) mass is 485 g/mol. The number of benzene rings is 2. The second-order valence-corrected chi connectivity index (χ2v) is 10.5. The van der Waals surface area contributed by atoms with Crippen LogP contribution in [0.4, 0.5) is 16.3 Å². The number of carbonyl (C=O) groups excluding carboxylic acids is 1. The van der Waals surface area contributed by atoms with Crippen molar-refractivity contribution in [2.24, 2.45) is 0 Å². The van der Waals surface area contributed by atoms with Crippen LogP contribution in [-0.4, -0.2) is 47.1 Å². The van der Waals surface area contributed by atoms with Crippen molar-refractivity contribution < 1.29 is 4.79 Å². The molecule has 0 saturated carbocycles. The molecule has 0 bridgehead atoms. The Morgan fingerprint density at radius 1 is 0.833 bits per heavy atom. The van der Waals surface area contributed by atoms with E-state index >= 15 is 0 Å². The average Bonchev–Trinajstić information content (AvgIpc) is 2.86. The number of rotatable bonds is 5. The molecule has 0 radical (unpaired) electrons. The van der Waals surface area contributed by atoms with E-state index in [0.29, 0.717) is 24.9 Å². The molecule has 6 heteroatoms. The number of anilines is 2. The Morgan fingerprint density at radius 2 is 1.42 bits per heavy atom. The SMILES string of the molecule is Cc1ccc(-c2nc(C)c(C)c(N3CCN(C(=O)Nc4c(C(C)C)cccc4C(C)C)CC3)n2)cc1. The minimum absolute atomic E-state index is 0.0272. The number of piperazine rings is 1. The normalized spacial score (nSPS) is 14.0. The van der Waals surface area contributed by atoms with Gasteiger partial charge in [-0.05, 0) is 43.7 Å². The van der Waals surface area contributed by atoms with Crippen LogP contribution in [0.1, 0.15) is 67.5 Å². The van der Waals surface area contributed by atoms with Gasteiger partial charge >= 0.3 is 6.03 Å². The maximum absolute atomic E-state index is 13.3. The number of para-hydroxylation sites is 1. The van der Waals surface area contributed by atoms with Gasteiger partial charge < -0.3 is 15.1 Å². The summed E-state index contributed by atoms with van der Waals surface area (Å²) in [6.45, 7) is 17.7. The molecule has 4 rings (SSSR count). The highest BCUT2D eigenvalue weighted by atomic mass is 16.2. The topological polar surface area (TPSA) is 61.4 Å². The molecule has 1 aliphatic rings. The summed E-state index contributed by atoms with van der Waals surface area (Å²) in [4.78, 5) is 27.2. The molecule has 1 N–H and O–H groups in total. The van der Waals surface area contributed by atoms with Crippen LogP contribution in [0, 0.1) is 20.8 Å². The number of aromatic nitrogens is 2. The lowest BCUT2D eigenvalue weighted by Crippen LogP contribution is -2.50. The molecule has 2 heterocycles. The van der Waals surface area contributed by atoms with Crippen molar-refractivity contribution in [3.8, 4) is 11.4 Å². The molecule has 190 valence electrons. The van der Waals surface area contributed by atoms with Crippen LogP contribution in [0.2, 0.25) is 0 Å². The van der Waals surface area contributed by atoms with Crippen LogP contribution < -0.4 is 10.2 Å². The van der Waals surface area contributed by atoms with Crippen molar-refractivity contribution in [3.05, 3.63) is 70.4 Å². The Balaban J connectivity index is 1.50. The molecule has 2 amide bonds. The first-order valence-electron chi connectivity index (χ1n) is 13.0. The predicted molar refractivity (Wildman–Crippen MR) is 149 cm³/mol. The number of carbonyl (C=O) groups is 1. The van der Waals surface area contributed by atoms with E-state index in [4.69, 9.17) is 9.97 Å². The maximum Gasteiger partial charge on any atom is 0.321 e. The Bertz CT molecular complexity index is 1200. The third-order valence-corrected chi connectivity index (χ3v) is 7.14. The molecule has 3 aromatic rings. The maximum atomic E-state index is 13.3. The Kier molecular flexibility index (Phi) is 7.62. The van der Waals surface area contributed by atoms with Crippen molar-refractivity contribution in [1.82, 2.24) is 14.9 Å². The fraction of sp³-hybridized carbons (Fsp3) is 0.433. The summed E-state index contributed by atoms with van der Waals surface area (Å²) in [6, 6.07) is 14.6. The van der Waals surface area contributed by atoms with E-state index in [1.165, 1.54) is 16.7 Å². The molecule has 0 aliphatic carbocycles. The summed E-state index contributed by atoms with van der Waals surface area (Å²) in [6.07, 6.45) is 0. The van der Waals surface area contributed by atoms with E-state index in [0.717, 1.165) is 47.2 Å². The minimum atomic E-state index is -0.0272. The largest absolute Gasteiger partial charge is 0.353 e. The highest BCUT2D eigenvalue weighted by Gasteiger charge is 2.26. The van der Waals surface area contributed by atoms with Crippen LogP contribution in [0.3, 0.4) is 0 Å². The van der Waals surface area contributed by atoms with Gasteiger partial charge in [-0.25, -0.2) is 14.8 Å². The third kappa shape index (κ3) is 5.38. The standard InChI is InChI=1S/C30H39N5O/c1-19(2)25-9-8-10-26(20(3)4)27(25)32-30(36)35-17-15-34(16-18-35)29-22(6)23(7)31-28(33-29)24-13-11-21(5)12-14-24/h8-14,19-20H,15-18H2,1-7H3,(H,32,36). The number of hydrogen-bond donors (Lipinski definition) is 1. The van der Waals surface area contributed by atoms with Crippen molar-refractivity contribution in [1.29, 1.82) is 0 Å². The molecule has 1 aliphatic heterocycles. The summed E-state index contributed by atoms with van der Waals surface area (Å²) < 4.78 is 0. The number of aryl methyl sites for hydroxylation is 2. The smallest absolute Gasteiger partial charge is 0.321 e. The Hall–Kier alpha value is -3.41. The molecule has 6 nitrogen and oxygen atoms in total. The summed E-state index contributed by atoms with van der Waals surface area (Å²) in [5.74, 6) is 2.38. The molecule has 2 aromatic carbocycles. The Labute approximate surface area is 215 Å². The van der Waals surface area contributed by atoms with Gasteiger partial charge in [-0.15, -0.1) is 0 Å². The first-order valence-corrected chi connectivity index (χ1v) is 13.0. The third-order valence-electron chi connectivity index (χ3n) is 7.14. The molecule has 0 spiro atoms. The zero-order valence-corrected chi connectivity index (χ0v) is 22.7. The van der Waals surface area contributed by atoms with Crippen LogP contribution in [0.15, 0.2) is 42.5 Å². The number of urea groups is 1. The summed E-state index contributed by atoms with van der Waals surface area (Å²) in [5, 5.41) is 3.26. The van der Waals surface area contributed by atoms with Gasteiger partial charge in [0.25, 0.3) is 0 Å². The van der Waals surface area contributed by atoms with Crippen LogP contribution in [-0.2, 0) is 0 Å². The van der Waals surface area contributed by atoms with Crippen molar-refractivity contribution >= 4 is 17.5 Å². The van der Waals surface area contributed by atoms with Crippen LogP contribution >= 0.6 is 0 Å². The van der Waals surface area contributed by atoms with Gasteiger partial charge in [-0.3, -0.25) is 0 Å². The molecular weight excluding hydrogens is 446 g/mol. The van der Waals surface area contributed by atoms with Crippen LogP contribution in [0.25, 0.3) is 11.4 Å². The molecule has 1 saturated heterocycles. The lowest BCUT2D eigenvalue weighted by Gasteiger charge is -2.36. The van der Waals surface area contributed by atoms with Crippen molar-refractivity contribution in [2.45, 2.75) is 60.3 Å². The van der Waals surface area contributed by atoms with Gasteiger partial charge in [0.2, 0.25) is 0 Å². The van der Waals surface area contributed by atoms with Gasteiger partial charge in [-0.1, -0.05) is 75.7 Å². The average molecular weight is 486 g/mol. The quantitative estimate of drug-likeness (QED) is 0.438. The number of nitrogens with one attached hydrogen (secondary N) is 1. The van der Waals surface area contributed by atoms with E-state index in [-0.39, 0.29) is 6.03 Å². The highest BCUT2D eigenvalue weighted by molar-refractivity contribution is 5.91. The van der Waals surface area contributed by atoms with E-state index in [9.17, 15) is 4.79 Å². The van der Waals surface area contributed by atoms with Gasteiger partial charge in [0, 0.05) is 48.7 Å². The molecular formula is C30H39N5O. The highest BCUT2D eigenvalue weighted by Crippen LogP contribution is 2.33. The Morgan fingerprint density at radius 3 is 1.97 bits per heavy atom. The van der Waals surface area contributed by atoms with Crippen molar-refractivity contribution in [2.75, 3.05) is 36.4 Å². The number of nitrogens with zero attached hydrogens (tertiary/aromatic N) is 4. The van der Waals surface area contributed by atoms with Crippen LogP contribution in [0.5, 0.6) is 0 Å². The molecule has 1 fully saturated rings. The molecule has 0 atom stereocenters. The summed E-state index contributed by atoms with van der Waals surface area (Å²) >= 11 is 0. The zero-order valence-electron chi connectivity index (χ0n) is 22.7. The fourth-order valence-electron chi connectivity index (χ4n) is 4.76. The molecule has 0 unspecified atom stereocenters. The molecule has 36 heavy (non-hydrogen) atoms. The number of hydrogen-bond acceptors (Lipinski definition) is 4. The fourth-order valence-corrected chi connectivity index (χ4v) is 4.76. The van der Waals surface area contributed by atoms with E-state index in [1.54, 1.807) is 0 Å². The second-order valence-electron chi connectivity index (χ2n) is 10.5. The van der Waals surface area contributed by atoms with E-state index < -0.39 is 0 Å². The summed E-state index contributed by atoms with van der Waals surface area (Å²) in [5.41, 5.74) is 7.66. The van der Waals surface area contributed by atoms with E-state index in [1.807, 2.05) is 11.8 Å². The lowest BCUT2D eigenvalue weighted by atomic mass is 9.93.